The van der Waals surface area contributed by atoms with Crippen molar-refractivity contribution in [2.75, 3.05) is 6.61 Å². The maximum absolute atomic E-state index is 12.3. The van der Waals surface area contributed by atoms with Crippen LogP contribution < -0.4 is 10.2 Å². The van der Waals surface area contributed by atoms with Gasteiger partial charge in [-0.2, -0.15) is 5.10 Å². The molecule has 0 spiro atoms. The van der Waals surface area contributed by atoms with E-state index in [9.17, 15) is 14.7 Å². The van der Waals surface area contributed by atoms with E-state index in [2.05, 4.69) is 26.5 Å². The fourth-order valence-corrected chi connectivity index (χ4v) is 3.24. The summed E-state index contributed by atoms with van der Waals surface area (Å²) in [6, 6.07) is 18.7. The Bertz CT molecular complexity index is 1130. The van der Waals surface area contributed by atoms with E-state index in [0.717, 1.165) is 10.0 Å². The summed E-state index contributed by atoms with van der Waals surface area (Å²) in [5.41, 5.74) is 4.38. The minimum absolute atomic E-state index is 0.0132. The molecule has 3 aromatic rings. The van der Waals surface area contributed by atoms with Gasteiger partial charge in [-0.1, -0.05) is 28.1 Å². The largest absolute Gasteiger partial charge is 0.507 e. The molecule has 0 saturated heterocycles. The Morgan fingerprint density at radius 1 is 1.03 bits per heavy atom. The Morgan fingerprint density at radius 2 is 1.78 bits per heavy atom. The van der Waals surface area contributed by atoms with Gasteiger partial charge >= 0.3 is 0 Å². The number of hydrogen-bond acceptors (Lipinski definition) is 6. The van der Waals surface area contributed by atoms with Crippen molar-refractivity contribution >= 4 is 33.8 Å². The van der Waals surface area contributed by atoms with Crippen LogP contribution in [0.15, 0.2) is 76.3 Å². The fourth-order valence-electron chi connectivity index (χ4n) is 2.80. The number of nitrogens with zero attached hydrogens (tertiary/aromatic N) is 1. The predicted octanol–water partition coefficient (Wildman–Crippen LogP) is 4.06. The minimum atomic E-state index is -0.438. The first-order valence-corrected chi connectivity index (χ1v) is 10.5. The van der Waals surface area contributed by atoms with Crippen LogP contribution in [0.25, 0.3) is 0 Å². The maximum Gasteiger partial charge on any atom is 0.271 e. The van der Waals surface area contributed by atoms with E-state index in [-0.39, 0.29) is 30.1 Å². The molecular weight excluding hydrogens is 476 g/mol. The van der Waals surface area contributed by atoms with Crippen LogP contribution in [-0.2, 0) is 6.61 Å². The number of halogens is 1. The molecule has 0 saturated carbocycles. The average molecular weight is 497 g/mol. The van der Waals surface area contributed by atoms with Gasteiger partial charge in [0.2, 0.25) is 0 Å². The van der Waals surface area contributed by atoms with Crippen molar-refractivity contribution in [1.29, 1.82) is 0 Å². The number of phenolic OH excluding ortho intramolecular Hbond substituents is 1. The number of rotatable bonds is 9. The molecule has 1 amide bonds. The molecule has 0 aliphatic carbocycles. The number of phenols is 1. The molecule has 0 atom stereocenters. The van der Waals surface area contributed by atoms with E-state index in [4.69, 9.17) is 9.84 Å². The zero-order valence-corrected chi connectivity index (χ0v) is 18.6. The summed E-state index contributed by atoms with van der Waals surface area (Å²) in [6.07, 6.45) is 1.24. The third kappa shape index (κ3) is 6.50. The molecule has 164 valence electrons. The molecule has 8 heteroatoms. The lowest BCUT2D eigenvalue weighted by Crippen LogP contribution is -2.17. The highest BCUT2D eigenvalue weighted by molar-refractivity contribution is 9.10. The van der Waals surface area contributed by atoms with Crippen molar-refractivity contribution in [3.8, 4) is 11.5 Å². The molecule has 0 heterocycles. The van der Waals surface area contributed by atoms with Crippen LogP contribution in [-0.4, -0.2) is 34.7 Å². The number of ketones is 1. The first kappa shape index (κ1) is 23.2. The van der Waals surface area contributed by atoms with Gasteiger partial charge in [0.1, 0.15) is 18.1 Å². The number of nitrogens with one attached hydrogen (secondary N) is 1. The molecule has 7 nitrogen and oxygen atoms in total. The second-order valence-corrected chi connectivity index (χ2v) is 7.73. The van der Waals surface area contributed by atoms with E-state index in [1.54, 1.807) is 24.3 Å². The molecule has 0 unspecified atom stereocenters. The number of ether oxygens (including phenoxy) is 1. The SMILES string of the molecule is O=C(CCO)c1ccc(O)c(/C=N/NC(=O)c2ccc(OCc3cccc(Br)c3)cc2)c1. The summed E-state index contributed by atoms with van der Waals surface area (Å²) in [6.45, 7) is 0.145. The van der Waals surface area contributed by atoms with Crippen molar-refractivity contribution in [3.63, 3.8) is 0 Å². The van der Waals surface area contributed by atoms with E-state index >= 15 is 0 Å². The molecule has 0 aromatic heterocycles. The van der Waals surface area contributed by atoms with Gasteiger partial charge < -0.3 is 14.9 Å². The fraction of sp³-hybridized carbons (Fsp3) is 0.125. The number of aromatic hydroxyl groups is 1. The Labute approximate surface area is 193 Å². The Morgan fingerprint density at radius 3 is 2.50 bits per heavy atom. The zero-order chi connectivity index (χ0) is 22.9. The highest BCUT2D eigenvalue weighted by atomic mass is 79.9. The molecule has 0 fully saturated rings. The Balaban J connectivity index is 1.57. The Hall–Kier alpha value is -3.49. The molecule has 32 heavy (non-hydrogen) atoms. The second-order valence-electron chi connectivity index (χ2n) is 6.81. The van der Waals surface area contributed by atoms with Crippen LogP contribution in [0.2, 0.25) is 0 Å². The van der Waals surface area contributed by atoms with Gasteiger partial charge in [0, 0.05) is 27.6 Å². The van der Waals surface area contributed by atoms with Gasteiger partial charge in [0.15, 0.2) is 5.78 Å². The third-order valence-corrected chi connectivity index (χ3v) is 4.96. The molecule has 0 bridgehead atoms. The number of aliphatic hydroxyl groups is 1. The molecule has 3 aromatic carbocycles. The first-order valence-electron chi connectivity index (χ1n) is 9.74. The highest BCUT2D eigenvalue weighted by Gasteiger charge is 2.09. The summed E-state index contributed by atoms with van der Waals surface area (Å²) in [5.74, 6) is -0.157. The first-order chi connectivity index (χ1) is 15.5. The van der Waals surface area contributed by atoms with Crippen LogP contribution in [0, 0.1) is 0 Å². The number of hydrogen-bond donors (Lipinski definition) is 3. The van der Waals surface area contributed by atoms with Gasteiger partial charge in [0.05, 0.1) is 12.8 Å². The normalized spacial score (nSPS) is 10.8. The maximum atomic E-state index is 12.3. The van der Waals surface area contributed by atoms with Crippen molar-refractivity contribution in [1.82, 2.24) is 5.43 Å². The molecule has 3 rings (SSSR count). The smallest absolute Gasteiger partial charge is 0.271 e. The van der Waals surface area contributed by atoms with E-state index < -0.39 is 5.91 Å². The van der Waals surface area contributed by atoms with Gasteiger partial charge in [-0.25, -0.2) is 5.43 Å². The van der Waals surface area contributed by atoms with E-state index in [1.165, 1.54) is 24.4 Å². The monoisotopic (exact) mass is 496 g/mol. The molecule has 3 N–H and O–H groups in total. The number of carbonyl (C=O) groups excluding carboxylic acids is 2. The second kappa shape index (κ2) is 11.2. The number of aliphatic hydroxyl groups excluding tert-OH is 1. The van der Waals surface area contributed by atoms with Crippen molar-refractivity contribution < 1.29 is 24.5 Å². The van der Waals surface area contributed by atoms with Crippen LogP contribution in [0.4, 0.5) is 0 Å². The molecule has 0 radical (unpaired) electrons. The van der Waals surface area contributed by atoms with Gasteiger partial charge in [-0.3, -0.25) is 9.59 Å². The standard InChI is InChI=1S/C24H21BrN2O5/c25-20-3-1-2-16(12-20)15-32-21-7-4-17(5-8-21)24(31)27-26-14-19-13-18(6-9-22(19)29)23(30)10-11-28/h1-9,12-14,28-29H,10-11,15H2,(H,27,31)/b26-14+. The predicted molar refractivity (Wildman–Crippen MR) is 124 cm³/mol. The van der Waals surface area contributed by atoms with Crippen LogP contribution >= 0.6 is 15.9 Å². The summed E-state index contributed by atoms with van der Waals surface area (Å²) in [4.78, 5) is 24.2. The number of benzene rings is 3. The minimum Gasteiger partial charge on any atom is -0.507 e. The highest BCUT2D eigenvalue weighted by Crippen LogP contribution is 2.18. The van der Waals surface area contributed by atoms with Crippen LogP contribution in [0.1, 0.15) is 38.3 Å². The summed E-state index contributed by atoms with van der Waals surface area (Å²) in [7, 11) is 0. The number of amides is 1. The Kier molecular flexibility index (Phi) is 8.13. The van der Waals surface area contributed by atoms with Crippen molar-refractivity contribution in [2.45, 2.75) is 13.0 Å². The quantitative estimate of drug-likeness (QED) is 0.235. The summed E-state index contributed by atoms with van der Waals surface area (Å²) >= 11 is 3.42. The van der Waals surface area contributed by atoms with E-state index in [1.807, 2.05) is 24.3 Å². The molecule has 0 aliphatic heterocycles. The topological polar surface area (TPSA) is 108 Å². The lowest BCUT2D eigenvalue weighted by Gasteiger charge is -2.07. The number of Topliss-reactive ketones (excluding diaryl/α,β-unsaturated/α-hetero) is 1. The number of carbonyl (C=O) groups is 2. The lowest BCUT2D eigenvalue weighted by molar-refractivity contribution is 0.0947. The van der Waals surface area contributed by atoms with Crippen molar-refractivity contribution in [2.24, 2.45) is 5.10 Å². The van der Waals surface area contributed by atoms with Crippen molar-refractivity contribution in [3.05, 3.63) is 93.5 Å². The van der Waals surface area contributed by atoms with Crippen LogP contribution in [0.5, 0.6) is 11.5 Å². The molecular formula is C24H21BrN2O5. The summed E-state index contributed by atoms with van der Waals surface area (Å²) in [5, 5.41) is 22.7. The van der Waals surface area contributed by atoms with Gasteiger partial charge in [0.25, 0.3) is 5.91 Å². The van der Waals surface area contributed by atoms with Gasteiger partial charge in [-0.15, -0.1) is 0 Å². The number of hydrazone groups is 1. The molecule has 0 aliphatic rings. The van der Waals surface area contributed by atoms with E-state index in [0.29, 0.717) is 23.5 Å². The zero-order valence-electron chi connectivity index (χ0n) is 17.0. The third-order valence-electron chi connectivity index (χ3n) is 4.47. The van der Waals surface area contributed by atoms with Gasteiger partial charge in [-0.05, 0) is 60.2 Å². The summed E-state index contributed by atoms with van der Waals surface area (Å²) < 4.78 is 6.70. The lowest BCUT2D eigenvalue weighted by atomic mass is 10.1. The van der Waals surface area contributed by atoms with Crippen LogP contribution in [0.3, 0.4) is 0 Å². The average Bonchev–Trinajstić information content (AvgIpc) is 2.79.